The molecule has 3 nitrogen and oxygen atoms in total. The summed E-state index contributed by atoms with van der Waals surface area (Å²) in [5.74, 6) is -0.748. The third-order valence-corrected chi connectivity index (χ3v) is 2.87. The van der Waals surface area contributed by atoms with E-state index in [1.165, 1.54) is 0 Å². The van der Waals surface area contributed by atoms with Crippen molar-refractivity contribution in [3.05, 3.63) is 33.8 Å². The minimum Gasteiger partial charge on any atom is -0.479 e. The van der Waals surface area contributed by atoms with Gasteiger partial charge in [-0.25, -0.2) is 4.79 Å². The number of carbonyl (C=O) groups is 1. The highest BCUT2D eigenvalue weighted by Gasteiger charge is 2.22. The van der Waals surface area contributed by atoms with Crippen molar-refractivity contribution in [2.75, 3.05) is 12.5 Å². The SMILES string of the molecule is Cc1ccc(C(OCCCl)C(=O)O)c(Br)c1. The Morgan fingerprint density at radius 1 is 1.62 bits per heavy atom. The van der Waals surface area contributed by atoms with Gasteiger partial charge in [0.2, 0.25) is 0 Å². The van der Waals surface area contributed by atoms with Gasteiger partial charge in [-0.1, -0.05) is 28.1 Å². The lowest BCUT2D eigenvalue weighted by Gasteiger charge is -2.15. The number of hydrogen-bond donors (Lipinski definition) is 1. The third-order valence-electron chi connectivity index (χ3n) is 2.02. The average molecular weight is 308 g/mol. The van der Waals surface area contributed by atoms with Gasteiger partial charge in [-0.15, -0.1) is 11.6 Å². The van der Waals surface area contributed by atoms with Gasteiger partial charge in [0.15, 0.2) is 6.10 Å². The number of carboxylic acids is 1. The van der Waals surface area contributed by atoms with Crippen LogP contribution in [0.5, 0.6) is 0 Å². The molecule has 0 spiro atoms. The van der Waals surface area contributed by atoms with Gasteiger partial charge < -0.3 is 9.84 Å². The molecule has 1 rings (SSSR count). The molecule has 0 aliphatic rings. The van der Waals surface area contributed by atoms with E-state index in [1.807, 2.05) is 19.1 Å². The molecule has 1 unspecified atom stereocenters. The van der Waals surface area contributed by atoms with Crippen LogP contribution in [0.3, 0.4) is 0 Å². The van der Waals surface area contributed by atoms with E-state index in [4.69, 9.17) is 21.4 Å². The van der Waals surface area contributed by atoms with Crippen LogP contribution in [0.15, 0.2) is 22.7 Å². The van der Waals surface area contributed by atoms with Gasteiger partial charge in [0, 0.05) is 15.9 Å². The van der Waals surface area contributed by atoms with Crippen molar-refractivity contribution >= 4 is 33.5 Å². The van der Waals surface area contributed by atoms with Gasteiger partial charge in [0.1, 0.15) is 0 Å². The van der Waals surface area contributed by atoms with Crippen LogP contribution in [0.25, 0.3) is 0 Å². The Kier molecular flexibility index (Phi) is 5.25. The van der Waals surface area contributed by atoms with Crippen molar-refractivity contribution in [1.82, 2.24) is 0 Å². The van der Waals surface area contributed by atoms with Crippen LogP contribution in [0.1, 0.15) is 17.2 Å². The molecule has 88 valence electrons. The van der Waals surface area contributed by atoms with E-state index >= 15 is 0 Å². The second-order valence-electron chi connectivity index (χ2n) is 3.30. The minimum atomic E-state index is -1.02. The zero-order valence-electron chi connectivity index (χ0n) is 8.74. The van der Waals surface area contributed by atoms with Gasteiger partial charge in [-0.3, -0.25) is 0 Å². The molecule has 16 heavy (non-hydrogen) atoms. The smallest absolute Gasteiger partial charge is 0.337 e. The Morgan fingerprint density at radius 2 is 2.31 bits per heavy atom. The van der Waals surface area contributed by atoms with Gasteiger partial charge >= 0.3 is 5.97 Å². The van der Waals surface area contributed by atoms with Crippen molar-refractivity contribution in [3.63, 3.8) is 0 Å². The van der Waals surface area contributed by atoms with E-state index in [-0.39, 0.29) is 12.5 Å². The lowest BCUT2D eigenvalue weighted by molar-refractivity contribution is -0.150. The molecule has 0 heterocycles. The molecule has 1 N–H and O–H groups in total. The fourth-order valence-corrected chi connectivity index (χ4v) is 2.09. The first-order valence-corrected chi connectivity index (χ1v) is 6.05. The molecule has 1 atom stereocenters. The van der Waals surface area contributed by atoms with Gasteiger partial charge in [0.25, 0.3) is 0 Å². The maximum atomic E-state index is 11.1. The molecule has 0 aliphatic heterocycles. The minimum absolute atomic E-state index is 0.207. The maximum Gasteiger partial charge on any atom is 0.337 e. The normalized spacial score (nSPS) is 12.4. The first kappa shape index (κ1) is 13.5. The number of aryl methyl sites for hydroxylation is 1. The molecule has 0 fully saturated rings. The average Bonchev–Trinajstić information content (AvgIpc) is 2.20. The van der Waals surface area contributed by atoms with Crippen LogP contribution in [0.4, 0.5) is 0 Å². The maximum absolute atomic E-state index is 11.1. The summed E-state index contributed by atoms with van der Waals surface area (Å²) in [6.07, 6.45) is -0.978. The summed E-state index contributed by atoms with van der Waals surface area (Å²) >= 11 is 8.80. The number of rotatable bonds is 5. The summed E-state index contributed by atoms with van der Waals surface area (Å²) in [5.41, 5.74) is 1.65. The van der Waals surface area contributed by atoms with Crippen LogP contribution >= 0.6 is 27.5 Å². The van der Waals surface area contributed by atoms with Gasteiger partial charge in [-0.05, 0) is 18.6 Å². The Hall–Kier alpha value is -0.580. The highest BCUT2D eigenvalue weighted by atomic mass is 79.9. The highest BCUT2D eigenvalue weighted by molar-refractivity contribution is 9.10. The van der Waals surface area contributed by atoms with Gasteiger partial charge in [0.05, 0.1) is 6.61 Å². The molecule has 0 bridgehead atoms. The molecular weight excluding hydrogens is 295 g/mol. The van der Waals surface area contributed by atoms with E-state index in [1.54, 1.807) is 6.07 Å². The number of carboxylic acid groups (broad SMARTS) is 1. The van der Waals surface area contributed by atoms with E-state index in [0.29, 0.717) is 5.56 Å². The molecule has 0 amide bonds. The monoisotopic (exact) mass is 306 g/mol. The summed E-state index contributed by atoms with van der Waals surface area (Å²) in [5, 5.41) is 9.06. The molecular formula is C11H12BrClO3. The molecule has 1 aromatic rings. The summed E-state index contributed by atoms with van der Waals surface area (Å²) < 4.78 is 5.93. The lowest BCUT2D eigenvalue weighted by atomic mass is 10.1. The number of alkyl halides is 1. The number of benzene rings is 1. The highest BCUT2D eigenvalue weighted by Crippen LogP contribution is 2.27. The molecule has 0 aliphatic carbocycles. The van der Waals surface area contributed by atoms with Crippen LogP contribution < -0.4 is 0 Å². The van der Waals surface area contributed by atoms with Gasteiger partial charge in [-0.2, -0.15) is 0 Å². The summed E-state index contributed by atoms with van der Waals surface area (Å²) in [6, 6.07) is 5.45. The van der Waals surface area contributed by atoms with E-state index in [9.17, 15) is 4.79 Å². The molecule has 1 aromatic carbocycles. The number of halogens is 2. The summed E-state index contributed by atoms with van der Waals surface area (Å²) in [7, 11) is 0. The standard InChI is InChI=1S/C11H12BrClO3/c1-7-2-3-8(9(12)6-7)10(11(14)15)16-5-4-13/h2-3,6,10H,4-5H2,1H3,(H,14,15). The summed E-state index contributed by atoms with van der Waals surface area (Å²) in [4.78, 5) is 11.1. The molecule has 5 heteroatoms. The predicted molar refractivity (Wildman–Crippen MR) is 65.9 cm³/mol. The first-order chi connectivity index (χ1) is 7.56. The van der Waals surface area contributed by atoms with Crippen LogP contribution in [-0.2, 0) is 9.53 Å². The van der Waals surface area contributed by atoms with Crippen molar-refractivity contribution in [2.45, 2.75) is 13.0 Å². The Balaban J connectivity index is 2.96. The van der Waals surface area contributed by atoms with Crippen molar-refractivity contribution in [3.8, 4) is 0 Å². The van der Waals surface area contributed by atoms with E-state index in [2.05, 4.69) is 15.9 Å². The summed E-state index contributed by atoms with van der Waals surface area (Å²) in [6.45, 7) is 2.14. The van der Waals surface area contributed by atoms with E-state index in [0.717, 1.165) is 10.0 Å². The van der Waals surface area contributed by atoms with Crippen molar-refractivity contribution in [1.29, 1.82) is 0 Å². The molecule has 0 aromatic heterocycles. The number of aliphatic carboxylic acids is 1. The van der Waals surface area contributed by atoms with E-state index < -0.39 is 12.1 Å². The lowest BCUT2D eigenvalue weighted by Crippen LogP contribution is -2.17. The number of hydrogen-bond acceptors (Lipinski definition) is 2. The zero-order valence-corrected chi connectivity index (χ0v) is 11.1. The van der Waals surface area contributed by atoms with Crippen LogP contribution in [0.2, 0.25) is 0 Å². The fourth-order valence-electron chi connectivity index (χ4n) is 1.30. The fraction of sp³-hybridized carbons (Fsp3) is 0.364. The third kappa shape index (κ3) is 3.47. The first-order valence-electron chi connectivity index (χ1n) is 4.72. The molecule has 0 radical (unpaired) electrons. The topological polar surface area (TPSA) is 46.5 Å². The largest absolute Gasteiger partial charge is 0.479 e. The quantitative estimate of drug-likeness (QED) is 0.850. The molecule has 0 saturated heterocycles. The molecule has 0 saturated carbocycles. The second kappa shape index (κ2) is 6.23. The Bertz CT molecular complexity index is 381. The predicted octanol–water partition coefficient (Wildman–Crippen LogP) is 3.14. The van der Waals surface area contributed by atoms with Crippen LogP contribution in [-0.4, -0.2) is 23.6 Å². The zero-order chi connectivity index (χ0) is 12.1. The van der Waals surface area contributed by atoms with Crippen molar-refractivity contribution < 1.29 is 14.6 Å². The number of ether oxygens (including phenoxy) is 1. The van der Waals surface area contributed by atoms with Crippen LogP contribution in [0, 0.1) is 6.92 Å². The Labute approximate surface area is 107 Å². The Morgan fingerprint density at radius 3 is 2.81 bits per heavy atom. The van der Waals surface area contributed by atoms with Crippen molar-refractivity contribution in [2.24, 2.45) is 0 Å². The second-order valence-corrected chi connectivity index (χ2v) is 4.54.